The summed E-state index contributed by atoms with van der Waals surface area (Å²) in [5.41, 5.74) is 3.33. The Morgan fingerprint density at radius 1 is 1.13 bits per heavy atom. The van der Waals surface area contributed by atoms with Crippen LogP contribution in [-0.2, 0) is 11.3 Å². The lowest BCUT2D eigenvalue weighted by Crippen LogP contribution is -2.22. The van der Waals surface area contributed by atoms with E-state index >= 15 is 0 Å². The number of imidazole rings is 1. The Kier molecular flexibility index (Phi) is 4.21. The summed E-state index contributed by atoms with van der Waals surface area (Å²) in [5, 5.41) is 12.2. The Morgan fingerprint density at radius 2 is 2.07 bits per heavy atom. The van der Waals surface area contributed by atoms with Crippen LogP contribution in [0.15, 0.2) is 67.1 Å². The van der Waals surface area contributed by atoms with Crippen LogP contribution in [0.1, 0.15) is 11.1 Å². The van der Waals surface area contributed by atoms with Crippen molar-refractivity contribution in [3.63, 3.8) is 0 Å². The summed E-state index contributed by atoms with van der Waals surface area (Å²) in [6.07, 6.45) is 10.3. The fourth-order valence-corrected chi connectivity index (χ4v) is 3.18. The van der Waals surface area contributed by atoms with Crippen LogP contribution in [0.5, 0.6) is 0 Å². The van der Waals surface area contributed by atoms with Crippen LogP contribution in [0, 0.1) is 0 Å². The van der Waals surface area contributed by atoms with Crippen LogP contribution < -0.4 is 16.0 Å². The predicted octanol–water partition coefficient (Wildman–Crippen LogP) is 1.90. The minimum Gasteiger partial charge on any atom is -0.340 e. The molecule has 1 aliphatic rings. The number of anilines is 2. The second-order valence-electron chi connectivity index (χ2n) is 6.71. The molecule has 0 bridgehead atoms. The third kappa shape index (κ3) is 3.49. The normalized spacial score (nSPS) is 14.9. The minimum atomic E-state index is -0.548. The summed E-state index contributed by atoms with van der Waals surface area (Å²) >= 11 is 0. The van der Waals surface area contributed by atoms with E-state index in [0.717, 1.165) is 17.8 Å². The van der Waals surface area contributed by atoms with Crippen LogP contribution in [0.3, 0.4) is 0 Å². The summed E-state index contributed by atoms with van der Waals surface area (Å²) in [6, 6.07) is 9.29. The molecule has 0 radical (unpaired) electrons. The van der Waals surface area contributed by atoms with Gasteiger partial charge in [0.2, 0.25) is 0 Å². The highest BCUT2D eigenvalue weighted by molar-refractivity contribution is 6.14. The molecular weight excluding hydrogens is 384 g/mol. The summed E-state index contributed by atoms with van der Waals surface area (Å²) < 4.78 is 3.59. The van der Waals surface area contributed by atoms with Gasteiger partial charge in [0.25, 0.3) is 5.91 Å². The van der Waals surface area contributed by atoms with Crippen molar-refractivity contribution in [1.29, 1.82) is 0 Å². The average Bonchev–Trinajstić information content (AvgIpc) is 3.44. The number of nitrogens with one attached hydrogen (secondary N) is 3. The molecule has 1 aromatic carbocycles. The van der Waals surface area contributed by atoms with Crippen LogP contribution in [-0.4, -0.2) is 36.1 Å². The number of carbonyl (C=O) groups is 2. The number of nitrogens with zero attached hydrogens (tertiary/aromatic N) is 5. The molecule has 0 atom stereocenters. The maximum absolute atomic E-state index is 11.8. The molecule has 0 spiro atoms. The summed E-state index contributed by atoms with van der Waals surface area (Å²) in [4.78, 5) is 31.7. The minimum absolute atomic E-state index is 0.155. The summed E-state index contributed by atoms with van der Waals surface area (Å²) in [6.45, 7) is 0.718. The predicted molar refractivity (Wildman–Crippen MR) is 109 cm³/mol. The van der Waals surface area contributed by atoms with Crippen molar-refractivity contribution < 1.29 is 9.59 Å². The van der Waals surface area contributed by atoms with Crippen LogP contribution in [0.2, 0.25) is 0 Å². The van der Waals surface area contributed by atoms with Gasteiger partial charge in [-0.2, -0.15) is 5.10 Å². The van der Waals surface area contributed by atoms with Gasteiger partial charge in [0.05, 0.1) is 12.5 Å². The molecule has 30 heavy (non-hydrogen) atoms. The number of imide groups is 1. The molecule has 148 valence electrons. The van der Waals surface area contributed by atoms with Crippen molar-refractivity contribution in [2.45, 2.75) is 6.54 Å². The van der Waals surface area contributed by atoms with E-state index in [4.69, 9.17) is 0 Å². The second kappa shape index (κ2) is 7.17. The number of rotatable bonds is 5. The van der Waals surface area contributed by atoms with Crippen molar-refractivity contribution in [2.75, 3.05) is 5.32 Å². The zero-order valence-corrected chi connectivity index (χ0v) is 15.6. The van der Waals surface area contributed by atoms with E-state index in [0.29, 0.717) is 17.0 Å². The second-order valence-corrected chi connectivity index (χ2v) is 6.71. The Bertz CT molecular complexity index is 1290. The molecule has 4 aromatic rings. The lowest BCUT2D eigenvalue weighted by atomic mass is 10.2. The highest BCUT2D eigenvalue weighted by Gasteiger charge is 2.23. The first-order chi connectivity index (χ1) is 14.6. The van der Waals surface area contributed by atoms with Crippen molar-refractivity contribution in [1.82, 2.24) is 34.8 Å². The molecule has 5 rings (SSSR count). The molecule has 0 aliphatic carbocycles. The number of hydrogen-bond acceptors (Lipinski definition) is 6. The molecule has 3 aromatic heterocycles. The zero-order valence-electron chi connectivity index (χ0n) is 15.6. The lowest BCUT2D eigenvalue weighted by molar-refractivity contribution is -0.115. The maximum Gasteiger partial charge on any atom is 0.326 e. The molecule has 3 amide bonds. The molecule has 0 unspecified atom stereocenters. The highest BCUT2D eigenvalue weighted by Crippen LogP contribution is 2.20. The Labute approximate surface area is 170 Å². The van der Waals surface area contributed by atoms with Gasteiger partial charge in [0.15, 0.2) is 5.65 Å². The Balaban J connectivity index is 1.41. The molecular formula is C20H16N8O2. The average molecular weight is 400 g/mol. The number of amides is 3. The van der Waals surface area contributed by atoms with Gasteiger partial charge in [-0.1, -0.05) is 12.1 Å². The molecule has 10 nitrogen and oxygen atoms in total. The van der Waals surface area contributed by atoms with Gasteiger partial charge >= 0.3 is 6.03 Å². The van der Waals surface area contributed by atoms with Gasteiger partial charge in [-0.3, -0.25) is 10.1 Å². The number of carbonyl (C=O) groups excluding carboxylic acids is 2. The van der Waals surface area contributed by atoms with Crippen LogP contribution >= 0.6 is 0 Å². The van der Waals surface area contributed by atoms with Gasteiger partial charge in [0.1, 0.15) is 11.5 Å². The molecule has 1 saturated heterocycles. The SMILES string of the molecule is O=C1NC(=O)/C(=C/c2cnn3ccc(Nc4cccc(Cn5ccnc5)c4)nc23)N1. The Morgan fingerprint density at radius 3 is 2.87 bits per heavy atom. The third-order valence-electron chi connectivity index (χ3n) is 4.54. The molecule has 10 heteroatoms. The third-order valence-corrected chi connectivity index (χ3v) is 4.54. The van der Waals surface area contributed by atoms with E-state index < -0.39 is 11.9 Å². The Hall–Kier alpha value is -4.47. The molecule has 0 saturated carbocycles. The van der Waals surface area contributed by atoms with E-state index in [9.17, 15) is 9.59 Å². The zero-order chi connectivity index (χ0) is 20.5. The van der Waals surface area contributed by atoms with Crippen molar-refractivity contribution in [3.05, 3.63) is 78.3 Å². The summed E-state index contributed by atoms with van der Waals surface area (Å²) in [5.74, 6) is 0.144. The molecule has 1 fully saturated rings. The van der Waals surface area contributed by atoms with Crippen LogP contribution in [0.25, 0.3) is 11.7 Å². The monoisotopic (exact) mass is 400 g/mol. The van der Waals surface area contributed by atoms with Crippen LogP contribution in [0.4, 0.5) is 16.3 Å². The number of urea groups is 1. The van der Waals surface area contributed by atoms with E-state index in [1.807, 2.05) is 41.1 Å². The largest absolute Gasteiger partial charge is 0.340 e. The van der Waals surface area contributed by atoms with E-state index in [1.165, 1.54) is 0 Å². The number of fused-ring (bicyclic) bond motifs is 1. The van der Waals surface area contributed by atoms with E-state index in [2.05, 4.69) is 31.0 Å². The van der Waals surface area contributed by atoms with Gasteiger partial charge in [-0.15, -0.1) is 0 Å². The quantitative estimate of drug-likeness (QED) is 0.348. The smallest absolute Gasteiger partial charge is 0.326 e. The molecule has 3 N–H and O–H groups in total. The van der Waals surface area contributed by atoms with Gasteiger partial charge in [-0.25, -0.2) is 19.3 Å². The number of benzene rings is 1. The highest BCUT2D eigenvalue weighted by atomic mass is 16.2. The maximum atomic E-state index is 11.8. The first-order valence-electron chi connectivity index (χ1n) is 9.14. The molecule has 4 heterocycles. The fraction of sp³-hybridized carbons (Fsp3) is 0.0500. The number of aromatic nitrogens is 5. The van der Waals surface area contributed by atoms with E-state index in [-0.39, 0.29) is 5.70 Å². The summed E-state index contributed by atoms with van der Waals surface area (Å²) in [7, 11) is 0. The van der Waals surface area contributed by atoms with Gasteiger partial charge < -0.3 is 15.2 Å². The van der Waals surface area contributed by atoms with Gasteiger partial charge in [0, 0.05) is 36.4 Å². The van der Waals surface area contributed by atoms with Crippen molar-refractivity contribution >= 4 is 35.2 Å². The first kappa shape index (κ1) is 17.6. The fourth-order valence-electron chi connectivity index (χ4n) is 3.18. The lowest BCUT2D eigenvalue weighted by Gasteiger charge is -2.09. The topological polar surface area (TPSA) is 118 Å². The van der Waals surface area contributed by atoms with Crippen molar-refractivity contribution in [2.24, 2.45) is 0 Å². The number of hydrogen-bond donors (Lipinski definition) is 3. The standard InChI is InChI=1S/C20H16N8O2/c29-19-16(24-20(30)26-19)9-14-10-22-28-6-4-17(25-18(14)28)23-15-3-1-2-13(8-15)11-27-7-5-21-12-27/h1-10,12H,11H2,(H,23,25)(H2,24,26,29,30)/b16-9-. The van der Waals surface area contributed by atoms with E-state index in [1.54, 1.807) is 35.5 Å². The van der Waals surface area contributed by atoms with Gasteiger partial charge in [-0.05, 0) is 29.8 Å². The molecule has 1 aliphatic heterocycles. The first-order valence-corrected chi connectivity index (χ1v) is 9.14. The van der Waals surface area contributed by atoms with Crippen molar-refractivity contribution in [3.8, 4) is 0 Å².